The maximum atomic E-state index is 11.4. The highest BCUT2D eigenvalue weighted by Gasteiger charge is 2.30. The van der Waals surface area contributed by atoms with Gasteiger partial charge < -0.3 is 39.3 Å². The molecule has 3 N–H and O–H groups in total. The van der Waals surface area contributed by atoms with E-state index in [0.717, 1.165) is 34.8 Å². The highest BCUT2D eigenvalue weighted by Crippen LogP contribution is 2.43. The maximum absolute atomic E-state index is 11.4. The number of hydrogen-bond donors (Lipinski definition) is 2. The molecule has 9 nitrogen and oxygen atoms in total. The Kier molecular flexibility index (Phi) is 11.1. The maximum Gasteiger partial charge on any atom is 0.337 e. The van der Waals surface area contributed by atoms with Crippen LogP contribution in [0.1, 0.15) is 50.6 Å². The van der Waals surface area contributed by atoms with Gasteiger partial charge in [-0.2, -0.15) is 0 Å². The summed E-state index contributed by atoms with van der Waals surface area (Å²) < 4.78 is 29.6. The predicted molar refractivity (Wildman–Crippen MR) is 160 cm³/mol. The zero-order valence-corrected chi connectivity index (χ0v) is 25.5. The Labute approximate surface area is 247 Å². The summed E-state index contributed by atoms with van der Waals surface area (Å²) in [5.74, 6) is 0.946. The minimum absolute atomic E-state index is 0.262. The molecule has 1 aromatic heterocycles. The topological polar surface area (TPSA) is 106 Å². The molecule has 0 saturated carbocycles. The number of methoxy groups -OCH3 is 3. The molecule has 0 fully saturated rings. The first-order valence-corrected chi connectivity index (χ1v) is 13.7. The Balaban J connectivity index is 0.000000253. The van der Waals surface area contributed by atoms with Crippen LogP contribution in [-0.2, 0) is 25.6 Å². The van der Waals surface area contributed by atoms with Crippen molar-refractivity contribution in [3.8, 4) is 17.2 Å². The van der Waals surface area contributed by atoms with Gasteiger partial charge in [-0.25, -0.2) is 4.79 Å². The molecule has 1 atom stereocenters. The first-order chi connectivity index (χ1) is 19.6. The minimum Gasteiger partial charge on any atom is -0.493 e. The van der Waals surface area contributed by atoms with E-state index >= 15 is 0 Å². The highest BCUT2D eigenvalue weighted by atomic mass is 35.5. The van der Waals surface area contributed by atoms with Gasteiger partial charge >= 0.3 is 5.97 Å². The number of benzene rings is 2. The van der Waals surface area contributed by atoms with Gasteiger partial charge in [0.05, 0.1) is 45.9 Å². The summed E-state index contributed by atoms with van der Waals surface area (Å²) in [6.45, 7) is 8.58. The molecule has 2 aromatic carbocycles. The molecule has 0 aliphatic carbocycles. The van der Waals surface area contributed by atoms with Gasteiger partial charge in [-0.05, 0) is 64.1 Å². The smallest absolute Gasteiger partial charge is 0.337 e. The van der Waals surface area contributed by atoms with Crippen molar-refractivity contribution in [1.29, 1.82) is 0 Å². The molecule has 1 aliphatic rings. The first-order valence-electron chi connectivity index (χ1n) is 13.3. The largest absolute Gasteiger partial charge is 0.493 e. The fourth-order valence-electron chi connectivity index (χ4n) is 4.43. The van der Waals surface area contributed by atoms with Crippen molar-refractivity contribution in [2.24, 2.45) is 5.73 Å². The molecule has 3 aromatic rings. The second kappa shape index (κ2) is 14.3. The van der Waals surface area contributed by atoms with Crippen LogP contribution in [0.3, 0.4) is 0 Å². The number of fused-ring (bicyclic) bond motifs is 3. The van der Waals surface area contributed by atoms with E-state index < -0.39 is 11.6 Å². The van der Waals surface area contributed by atoms with Crippen LogP contribution in [0, 0.1) is 0 Å². The second-order valence-electron chi connectivity index (χ2n) is 9.83. The predicted octanol–water partition coefficient (Wildman–Crippen LogP) is 5.52. The molecule has 0 unspecified atom stereocenters. The first kappa shape index (κ1) is 31.9. The van der Waals surface area contributed by atoms with Gasteiger partial charge in [-0.15, -0.1) is 0 Å². The number of allylic oxidation sites excluding steroid dienone is 1. The molecule has 2 heterocycles. The number of likely N-dealkylation sites (N-methyl/N-ethyl adjacent to an activating group) is 1. The van der Waals surface area contributed by atoms with Gasteiger partial charge in [-0.1, -0.05) is 23.7 Å². The van der Waals surface area contributed by atoms with Gasteiger partial charge in [0.2, 0.25) is 0 Å². The lowest BCUT2D eigenvalue weighted by atomic mass is 9.98. The zero-order chi connectivity index (χ0) is 30.2. The molecule has 0 bridgehead atoms. The standard InChI is InChI=1S/C20H18ClNO3.C11H22N2O3/c1-23-18-7-3-6-15(20(18)24-2)19-16-11-13(21)8-9-17(16)22-10-4-5-14(22)12-25-19;1-6-13-9(8(2)12)7-16-11(3,4)10(14)15-5/h3-11,19H,12H2,1-2H3;13H,6-7,12H2,1-5H3/b;9-8-/t19-;/m1./s1. The van der Waals surface area contributed by atoms with Crippen molar-refractivity contribution in [1.82, 2.24) is 9.88 Å². The molecule has 4 rings (SSSR count). The Morgan fingerprint density at radius 1 is 1.12 bits per heavy atom. The van der Waals surface area contributed by atoms with Crippen molar-refractivity contribution in [2.75, 3.05) is 34.5 Å². The third-order valence-electron chi connectivity index (χ3n) is 6.60. The van der Waals surface area contributed by atoms with Crippen LogP contribution in [0.5, 0.6) is 11.5 Å². The molecule has 1 aliphatic heterocycles. The number of aromatic nitrogens is 1. The molecule has 41 heavy (non-hydrogen) atoms. The lowest BCUT2D eigenvalue weighted by Gasteiger charge is -2.23. The number of nitrogens with two attached hydrogens (primary N) is 1. The fraction of sp³-hybridized carbons (Fsp3) is 0.387. The Morgan fingerprint density at radius 3 is 2.51 bits per heavy atom. The molecule has 10 heteroatoms. The number of hydrogen-bond acceptors (Lipinski definition) is 8. The number of esters is 1. The van der Waals surface area contributed by atoms with Crippen LogP contribution >= 0.6 is 11.6 Å². The van der Waals surface area contributed by atoms with Crippen molar-refractivity contribution >= 4 is 17.6 Å². The normalized spacial score (nSPS) is 14.8. The SMILES string of the molecule is CCN/C(COC(C)(C)C(=O)OC)=C(/C)N.COc1cccc([C@H]2OCc3cccn3-c3ccc(Cl)cc32)c1OC. The van der Waals surface area contributed by atoms with E-state index in [1.807, 2.05) is 55.6 Å². The van der Waals surface area contributed by atoms with Crippen molar-refractivity contribution in [3.63, 3.8) is 0 Å². The number of halogens is 1. The quantitative estimate of drug-likeness (QED) is 0.316. The number of nitrogens with zero attached hydrogens (tertiary/aromatic N) is 1. The lowest BCUT2D eigenvalue weighted by Crippen LogP contribution is -2.38. The summed E-state index contributed by atoms with van der Waals surface area (Å²) in [6, 6.07) is 15.8. The summed E-state index contributed by atoms with van der Waals surface area (Å²) in [4.78, 5) is 11.4. The monoisotopic (exact) mass is 585 g/mol. The molecule has 0 radical (unpaired) electrons. The number of carbonyl (C=O) groups is 1. The van der Waals surface area contributed by atoms with Crippen LogP contribution in [0.2, 0.25) is 5.02 Å². The van der Waals surface area contributed by atoms with E-state index in [2.05, 4.69) is 20.7 Å². The van der Waals surface area contributed by atoms with Crippen LogP contribution < -0.4 is 20.5 Å². The van der Waals surface area contributed by atoms with Gasteiger partial charge in [0.15, 0.2) is 17.1 Å². The number of rotatable bonds is 9. The van der Waals surface area contributed by atoms with Crippen molar-refractivity contribution in [2.45, 2.75) is 46.0 Å². The molecule has 222 valence electrons. The van der Waals surface area contributed by atoms with Crippen LogP contribution in [-0.4, -0.2) is 50.6 Å². The zero-order valence-electron chi connectivity index (χ0n) is 24.7. The van der Waals surface area contributed by atoms with Crippen molar-refractivity contribution < 1.29 is 28.5 Å². The Hall–Kier alpha value is -3.66. The average molecular weight is 586 g/mol. The minimum atomic E-state index is -0.967. The summed E-state index contributed by atoms with van der Waals surface area (Å²) >= 11 is 6.30. The third-order valence-corrected chi connectivity index (χ3v) is 6.83. The van der Waals surface area contributed by atoms with Crippen LogP contribution in [0.15, 0.2) is 66.1 Å². The van der Waals surface area contributed by atoms with Gasteiger partial charge in [0.25, 0.3) is 0 Å². The number of carbonyl (C=O) groups excluding carboxylic acids is 1. The molecule has 0 spiro atoms. The second-order valence-corrected chi connectivity index (χ2v) is 10.3. The van der Waals surface area contributed by atoms with Gasteiger partial charge in [-0.3, -0.25) is 0 Å². The molecular weight excluding hydrogens is 546 g/mol. The fourth-order valence-corrected chi connectivity index (χ4v) is 4.61. The molecular formula is C31H40ClN3O6. The highest BCUT2D eigenvalue weighted by molar-refractivity contribution is 6.30. The average Bonchev–Trinajstić information content (AvgIpc) is 3.37. The van der Waals surface area contributed by atoms with E-state index in [1.165, 1.54) is 7.11 Å². The number of para-hydroxylation sites is 1. The molecule has 0 saturated heterocycles. The summed E-state index contributed by atoms with van der Waals surface area (Å²) in [5, 5.41) is 3.76. The summed E-state index contributed by atoms with van der Waals surface area (Å²) in [7, 11) is 4.61. The van der Waals surface area contributed by atoms with E-state index in [9.17, 15) is 4.79 Å². The summed E-state index contributed by atoms with van der Waals surface area (Å²) in [6.07, 6.45) is 1.73. The third kappa shape index (κ3) is 7.55. The van der Waals surface area contributed by atoms with Gasteiger partial charge in [0.1, 0.15) is 6.10 Å². The number of ether oxygens (including phenoxy) is 5. The van der Waals surface area contributed by atoms with E-state index in [1.54, 1.807) is 35.0 Å². The Bertz CT molecular complexity index is 1360. The van der Waals surface area contributed by atoms with E-state index in [0.29, 0.717) is 28.8 Å². The Morgan fingerprint density at radius 2 is 1.88 bits per heavy atom. The van der Waals surface area contributed by atoms with E-state index in [4.69, 9.17) is 36.3 Å². The lowest BCUT2D eigenvalue weighted by molar-refractivity contribution is -0.164. The van der Waals surface area contributed by atoms with Crippen LogP contribution in [0.4, 0.5) is 0 Å². The van der Waals surface area contributed by atoms with Gasteiger partial charge in [0, 0.05) is 40.3 Å². The van der Waals surface area contributed by atoms with Crippen LogP contribution in [0.25, 0.3) is 5.69 Å². The number of nitrogens with one attached hydrogen (secondary N) is 1. The summed E-state index contributed by atoms with van der Waals surface area (Å²) in [5.41, 5.74) is 10.2. The molecule has 0 amide bonds. The van der Waals surface area contributed by atoms with Crippen molar-refractivity contribution in [3.05, 3.63) is 88.0 Å². The van der Waals surface area contributed by atoms with E-state index in [-0.39, 0.29) is 12.7 Å².